The number of rotatable bonds is 4. The lowest BCUT2D eigenvalue weighted by atomic mass is 10.1. The van der Waals surface area contributed by atoms with E-state index in [1.54, 1.807) is 0 Å². The second kappa shape index (κ2) is 4.86. The van der Waals surface area contributed by atoms with Crippen LogP contribution >= 0.6 is 0 Å². The van der Waals surface area contributed by atoms with Crippen molar-refractivity contribution in [3.05, 3.63) is 12.2 Å². The second-order valence-electron chi connectivity index (χ2n) is 5.06. The van der Waals surface area contributed by atoms with Crippen molar-refractivity contribution in [2.75, 3.05) is 19.8 Å². The molecule has 3 heteroatoms. The summed E-state index contributed by atoms with van der Waals surface area (Å²) in [5.74, 6) is 0. The van der Waals surface area contributed by atoms with Gasteiger partial charge >= 0.3 is 0 Å². The fourth-order valence-electron chi connectivity index (χ4n) is 2.85. The maximum atomic E-state index is 5.97. The number of hydrogen-bond donors (Lipinski definition) is 0. The summed E-state index contributed by atoms with van der Waals surface area (Å²) in [4.78, 5) is 2.39. The third kappa shape index (κ3) is 2.31. The average Bonchev–Trinajstić information content (AvgIpc) is 2.86. The summed E-state index contributed by atoms with van der Waals surface area (Å²) in [5, 5.41) is 0. The van der Waals surface area contributed by atoms with Crippen molar-refractivity contribution in [3.63, 3.8) is 0 Å². The Bertz CT molecular complexity index is 253. The summed E-state index contributed by atoms with van der Waals surface area (Å²) >= 11 is 0. The van der Waals surface area contributed by atoms with Crippen LogP contribution in [0.3, 0.4) is 0 Å². The summed E-state index contributed by atoms with van der Waals surface area (Å²) in [6, 6.07) is 0. The van der Waals surface area contributed by atoms with E-state index in [1.807, 2.05) is 6.92 Å². The predicted molar refractivity (Wildman–Crippen MR) is 64.1 cm³/mol. The molecular formula is C13H23NO2. The zero-order valence-corrected chi connectivity index (χ0v) is 10.5. The first-order chi connectivity index (χ1) is 7.64. The Kier molecular flexibility index (Phi) is 3.67. The van der Waals surface area contributed by atoms with Crippen LogP contribution < -0.4 is 0 Å². The van der Waals surface area contributed by atoms with Gasteiger partial charge in [0.05, 0.1) is 13.2 Å². The number of nitrogens with zero attached hydrogens (tertiary/aromatic N) is 1. The first kappa shape index (κ1) is 12.1. The molecule has 0 N–H and O–H groups in total. The van der Waals surface area contributed by atoms with Gasteiger partial charge in [0.25, 0.3) is 0 Å². The van der Waals surface area contributed by atoms with Crippen LogP contribution in [0.2, 0.25) is 0 Å². The molecule has 1 heterocycles. The van der Waals surface area contributed by atoms with E-state index >= 15 is 0 Å². The van der Waals surface area contributed by atoms with Gasteiger partial charge in [0, 0.05) is 6.54 Å². The van der Waals surface area contributed by atoms with Crippen LogP contribution in [0.5, 0.6) is 0 Å². The van der Waals surface area contributed by atoms with Crippen LogP contribution in [0.15, 0.2) is 12.2 Å². The van der Waals surface area contributed by atoms with E-state index in [0.717, 1.165) is 31.6 Å². The third-order valence-electron chi connectivity index (χ3n) is 3.62. The first-order valence-electron chi connectivity index (χ1n) is 6.31. The van der Waals surface area contributed by atoms with Crippen molar-refractivity contribution in [1.82, 2.24) is 4.90 Å². The molecule has 2 rings (SSSR count). The van der Waals surface area contributed by atoms with Crippen molar-refractivity contribution in [3.8, 4) is 0 Å². The number of hydrogen-bond acceptors (Lipinski definition) is 3. The van der Waals surface area contributed by atoms with Crippen LogP contribution in [0, 0.1) is 0 Å². The van der Waals surface area contributed by atoms with Gasteiger partial charge in [-0.3, -0.25) is 0 Å². The molecule has 0 bridgehead atoms. The topological polar surface area (TPSA) is 21.7 Å². The Morgan fingerprint density at radius 2 is 2.19 bits per heavy atom. The third-order valence-corrected chi connectivity index (χ3v) is 3.62. The monoisotopic (exact) mass is 225 g/mol. The SMILES string of the molecule is C=C(C)COC(C)N1CCOC12CCCC2. The maximum absolute atomic E-state index is 5.97. The minimum absolute atomic E-state index is 0.00546. The molecule has 0 aromatic carbocycles. The quantitative estimate of drug-likeness (QED) is 0.686. The first-order valence-corrected chi connectivity index (χ1v) is 6.31. The normalized spacial score (nSPS) is 26.4. The number of ether oxygens (including phenoxy) is 2. The molecular weight excluding hydrogens is 202 g/mol. The fourth-order valence-corrected chi connectivity index (χ4v) is 2.85. The van der Waals surface area contributed by atoms with Crippen molar-refractivity contribution >= 4 is 0 Å². The van der Waals surface area contributed by atoms with Crippen LogP contribution in [-0.2, 0) is 9.47 Å². The average molecular weight is 225 g/mol. The molecule has 0 aromatic heterocycles. The Labute approximate surface area is 98.4 Å². The Morgan fingerprint density at radius 1 is 1.50 bits per heavy atom. The van der Waals surface area contributed by atoms with Gasteiger partial charge < -0.3 is 9.47 Å². The Balaban J connectivity index is 1.94. The van der Waals surface area contributed by atoms with Crippen LogP contribution in [-0.4, -0.2) is 36.6 Å². The molecule has 1 unspecified atom stereocenters. The van der Waals surface area contributed by atoms with Crippen molar-refractivity contribution in [1.29, 1.82) is 0 Å². The van der Waals surface area contributed by atoms with E-state index in [0.29, 0.717) is 6.61 Å². The molecule has 2 fully saturated rings. The highest BCUT2D eigenvalue weighted by Crippen LogP contribution is 2.40. The van der Waals surface area contributed by atoms with Crippen molar-refractivity contribution < 1.29 is 9.47 Å². The minimum atomic E-state index is -0.00546. The van der Waals surface area contributed by atoms with Gasteiger partial charge in [0.1, 0.15) is 12.0 Å². The molecule has 3 nitrogen and oxygen atoms in total. The van der Waals surface area contributed by atoms with Gasteiger partial charge in [-0.2, -0.15) is 0 Å². The Morgan fingerprint density at radius 3 is 2.81 bits per heavy atom. The molecule has 1 aliphatic carbocycles. The van der Waals surface area contributed by atoms with E-state index < -0.39 is 0 Å². The molecule has 16 heavy (non-hydrogen) atoms. The molecule has 2 aliphatic rings. The van der Waals surface area contributed by atoms with E-state index in [2.05, 4.69) is 18.4 Å². The van der Waals surface area contributed by atoms with E-state index in [1.165, 1.54) is 12.8 Å². The molecule has 0 amide bonds. The molecule has 1 aliphatic heterocycles. The zero-order chi connectivity index (χ0) is 11.6. The largest absolute Gasteiger partial charge is 0.359 e. The molecule has 1 spiro atoms. The van der Waals surface area contributed by atoms with E-state index in [4.69, 9.17) is 9.47 Å². The smallest absolute Gasteiger partial charge is 0.123 e. The lowest BCUT2D eigenvalue weighted by molar-refractivity contribution is -0.149. The highest BCUT2D eigenvalue weighted by Gasteiger charge is 2.46. The molecule has 0 aromatic rings. The highest BCUT2D eigenvalue weighted by molar-refractivity contribution is 4.92. The van der Waals surface area contributed by atoms with Gasteiger partial charge in [-0.25, -0.2) is 4.90 Å². The van der Waals surface area contributed by atoms with Crippen molar-refractivity contribution in [2.45, 2.75) is 51.5 Å². The fraction of sp³-hybridized carbons (Fsp3) is 0.846. The summed E-state index contributed by atoms with van der Waals surface area (Å²) < 4.78 is 11.8. The molecule has 1 saturated carbocycles. The van der Waals surface area contributed by atoms with Crippen LogP contribution in [0.1, 0.15) is 39.5 Å². The van der Waals surface area contributed by atoms with Crippen LogP contribution in [0.25, 0.3) is 0 Å². The van der Waals surface area contributed by atoms with Gasteiger partial charge in [-0.15, -0.1) is 0 Å². The zero-order valence-electron chi connectivity index (χ0n) is 10.5. The van der Waals surface area contributed by atoms with E-state index in [-0.39, 0.29) is 12.0 Å². The van der Waals surface area contributed by atoms with Gasteiger partial charge in [0.2, 0.25) is 0 Å². The Hall–Kier alpha value is -0.380. The standard InChI is InChI=1S/C13H23NO2/c1-11(2)10-15-12(3)14-8-9-16-13(14)6-4-5-7-13/h12H,1,4-10H2,2-3H3. The van der Waals surface area contributed by atoms with Crippen molar-refractivity contribution in [2.24, 2.45) is 0 Å². The summed E-state index contributed by atoms with van der Waals surface area (Å²) in [6.07, 6.45) is 5.02. The van der Waals surface area contributed by atoms with Gasteiger partial charge in [0.15, 0.2) is 0 Å². The summed E-state index contributed by atoms with van der Waals surface area (Å²) in [7, 11) is 0. The lowest BCUT2D eigenvalue weighted by Crippen LogP contribution is -2.48. The summed E-state index contributed by atoms with van der Waals surface area (Å²) in [6.45, 7) is 10.5. The molecule has 1 saturated heterocycles. The predicted octanol–water partition coefficient (Wildman–Crippen LogP) is 2.53. The lowest BCUT2D eigenvalue weighted by Gasteiger charge is -2.37. The van der Waals surface area contributed by atoms with E-state index in [9.17, 15) is 0 Å². The van der Waals surface area contributed by atoms with Gasteiger partial charge in [-0.1, -0.05) is 12.2 Å². The minimum Gasteiger partial charge on any atom is -0.359 e. The second-order valence-corrected chi connectivity index (χ2v) is 5.06. The maximum Gasteiger partial charge on any atom is 0.123 e. The summed E-state index contributed by atoms with van der Waals surface area (Å²) in [5.41, 5.74) is 1.07. The molecule has 1 atom stereocenters. The van der Waals surface area contributed by atoms with Crippen LogP contribution in [0.4, 0.5) is 0 Å². The molecule has 0 radical (unpaired) electrons. The highest BCUT2D eigenvalue weighted by atomic mass is 16.6. The van der Waals surface area contributed by atoms with Gasteiger partial charge in [-0.05, 0) is 39.5 Å². The molecule has 92 valence electrons.